The van der Waals surface area contributed by atoms with Crippen molar-refractivity contribution in [1.82, 2.24) is 15.5 Å². The van der Waals surface area contributed by atoms with E-state index in [-0.39, 0.29) is 11.9 Å². The van der Waals surface area contributed by atoms with Crippen molar-refractivity contribution in [1.29, 1.82) is 0 Å². The average molecular weight is 209 g/mol. The predicted octanol–water partition coefficient (Wildman–Crippen LogP) is -0.293. The first-order valence-electron chi connectivity index (χ1n) is 5.01. The lowest BCUT2D eigenvalue weighted by atomic mass is 10.2. The van der Waals surface area contributed by atoms with Crippen LogP contribution < -0.4 is 16.0 Å². The molecule has 1 aromatic heterocycles. The predicted molar refractivity (Wildman–Crippen MR) is 57.4 cm³/mol. The van der Waals surface area contributed by atoms with Gasteiger partial charge in [-0.3, -0.25) is 9.89 Å². The molecule has 2 heterocycles. The molecule has 0 radical (unpaired) electrons. The van der Waals surface area contributed by atoms with Crippen molar-refractivity contribution in [2.75, 3.05) is 24.2 Å². The van der Waals surface area contributed by atoms with E-state index in [4.69, 9.17) is 5.73 Å². The van der Waals surface area contributed by atoms with Gasteiger partial charge in [-0.25, -0.2) is 0 Å². The van der Waals surface area contributed by atoms with E-state index in [9.17, 15) is 4.79 Å². The topological polar surface area (TPSA) is 87.0 Å². The molecule has 1 unspecified atom stereocenters. The molecule has 1 amide bonds. The van der Waals surface area contributed by atoms with Crippen LogP contribution in [0.15, 0.2) is 6.20 Å². The summed E-state index contributed by atoms with van der Waals surface area (Å²) in [6.45, 7) is 0.849. The molecule has 6 nitrogen and oxygen atoms in total. The number of H-pyrrole nitrogens is 1. The molecule has 1 aromatic rings. The van der Waals surface area contributed by atoms with Gasteiger partial charge in [-0.1, -0.05) is 0 Å². The first-order valence-corrected chi connectivity index (χ1v) is 5.01. The Morgan fingerprint density at radius 2 is 2.60 bits per heavy atom. The number of hydrogen-bond donors (Lipinski definition) is 3. The van der Waals surface area contributed by atoms with E-state index < -0.39 is 0 Å². The average Bonchev–Trinajstić information content (AvgIpc) is 2.84. The molecule has 0 spiro atoms. The largest absolute Gasteiger partial charge is 0.382 e. The SMILES string of the molecule is CNC(=O)C1CCCN1c1cn[nH]c1N. The van der Waals surface area contributed by atoms with Gasteiger partial charge in [0.25, 0.3) is 0 Å². The van der Waals surface area contributed by atoms with Gasteiger partial charge < -0.3 is 16.0 Å². The number of nitrogens with zero attached hydrogens (tertiary/aromatic N) is 2. The Bertz CT molecular complexity index is 361. The van der Waals surface area contributed by atoms with Crippen LogP contribution in [0.25, 0.3) is 0 Å². The number of aromatic nitrogens is 2. The van der Waals surface area contributed by atoms with E-state index in [1.165, 1.54) is 0 Å². The summed E-state index contributed by atoms with van der Waals surface area (Å²) in [6, 6.07) is -0.116. The molecule has 0 aliphatic carbocycles. The number of nitrogens with two attached hydrogens (primary N) is 1. The molecular weight excluding hydrogens is 194 g/mol. The van der Waals surface area contributed by atoms with Gasteiger partial charge >= 0.3 is 0 Å². The summed E-state index contributed by atoms with van der Waals surface area (Å²) < 4.78 is 0. The zero-order chi connectivity index (χ0) is 10.8. The Hall–Kier alpha value is -1.72. The first kappa shape index (κ1) is 9.82. The minimum atomic E-state index is -0.116. The van der Waals surface area contributed by atoms with Crippen LogP contribution in [0, 0.1) is 0 Å². The second-order valence-electron chi connectivity index (χ2n) is 3.63. The molecule has 4 N–H and O–H groups in total. The molecule has 0 saturated carbocycles. The summed E-state index contributed by atoms with van der Waals surface area (Å²) in [6.07, 6.45) is 3.53. The van der Waals surface area contributed by atoms with Gasteiger partial charge in [0, 0.05) is 13.6 Å². The highest BCUT2D eigenvalue weighted by atomic mass is 16.2. The molecule has 15 heavy (non-hydrogen) atoms. The van der Waals surface area contributed by atoms with Crippen LogP contribution in [0.2, 0.25) is 0 Å². The zero-order valence-corrected chi connectivity index (χ0v) is 8.66. The molecule has 2 rings (SSSR count). The Labute approximate surface area is 87.8 Å². The van der Waals surface area contributed by atoms with Gasteiger partial charge in [0.1, 0.15) is 11.9 Å². The summed E-state index contributed by atoms with van der Waals surface area (Å²) >= 11 is 0. The second kappa shape index (κ2) is 3.80. The van der Waals surface area contributed by atoms with Crippen LogP contribution in [0.5, 0.6) is 0 Å². The van der Waals surface area contributed by atoms with Crippen molar-refractivity contribution in [3.8, 4) is 0 Å². The Kier molecular flexibility index (Phi) is 2.49. The van der Waals surface area contributed by atoms with Crippen LogP contribution in [-0.4, -0.2) is 35.7 Å². The van der Waals surface area contributed by atoms with Gasteiger partial charge in [-0.2, -0.15) is 5.10 Å². The van der Waals surface area contributed by atoms with Crippen LogP contribution >= 0.6 is 0 Å². The van der Waals surface area contributed by atoms with Crippen molar-refractivity contribution in [3.05, 3.63) is 6.20 Å². The maximum atomic E-state index is 11.6. The molecule has 1 saturated heterocycles. The lowest BCUT2D eigenvalue weighted by Crippen LogP contribution is -2.42. The number of rotatable bonds is 2. The third-order valence-corrected chi connectivity index (χ3v) is 2.76. The van der Waals surface area contributed by atoms with E-state index in [2.05, 4.69) is 15.5 Å². The number of anilines is 2. The molecule has 1 fully saturated rings. The summed E-state index contributed by atoms with van der Waals surface area (Å²) in [5, 5.41) is 9.21. The third-order valence-electron chi connectivity index (χ3n) is 2.76. The van der Waals surface area contributed by atoms with Crippen LogP contribution in [0.3, 0.4) is 0 Å². The van der Waals surface area contributed by atoms with E-state index >= 15 is 0 Å². The fourth-order valence-corrected chi connectivity index (χ4v) is 2.01. The van der Waals surface area contributed by atoms with Crippen LogP contribution in [0.1, 0.15) is 12.8 Å². The number of nitrogens with one attached hydrogen (secondary N) is 2. The van der Waals surface area contributed by atoms with Gasteiger partial charge in [-0.15, -0.1) is 0 Å². The fourth-order valence-electron chi connectivity index (χ4n) is 2.01. The van der Waals surface area contributed by atoms with Crippen LogP contribution in [0.4, 0.5) is 11.5 Å². The van der Waals surface area contributed by atoms with E-state index in [1.807, 2.05) is 4.90 Å². The van der Waals surface area contributed by atoms with Gasteiger partial charge in [0.15, 0.2) is 0 Å². The van der Waals surface area contributed by atoms with Crippen molar-refractivity contribution >= 4 is 17.4 Å². The number of amides is 1. The number of carbonyl (C=O) groups excluding carboxylic acids is 1. The van der Waals surface area contributed by atoms with Gasteiger partial charge in [0.2, 0.25) is 5.91 Å². The highest BCUT2D eigenvalue weighted by Crippen LogP contribution is 2.28. The van der Waals surface area contributed by atoms with Gasteiger partial charge in [-0.05, 0) is 12.8 Å². The van der Waals surface area contributed by atoms with Crippen molar-refractivity contribution in [2.45, 2.75) is 18.9 Å². The Morgan fingerprint density at radius 3 is 3.20 bits per heavy atom. The molecule has 0 bridgehead atoms. The first-order chi connectivity index (χ1) is 7.24. The van der Waals surface area contributed by atoms with Gasteiger partial charge in [0.05, 0.1) is 11.9 Å². The molecule has 82 valence electrons. The standard InChI is InChI=1S/C9H15N5O/c1-11-9(15)6-3-2-4-14(6)7-5-12-13-8(7)10/h5-6H,2-4H2,1H3,(H,11,15)(H3,10,12,13). The van der Waals surface area contributed by atoms with E-state index in [0.717, 1.165) is 25.1 Å². The van der Waals surface area contributed by atoms with E-state index in [0.29, 0.717) is 5.82 Å². The smallest absolute Gasteiger partial charge is 0.242 e. The van der Waals surface area contributed by atoms with Crippen molar-refractivity contribution in [2.24, 2.45) is 0 Å². The maximum Gasteiger partial charge on any atom is 0.242 e. The molecule has 1 atom stereocenters. The number of likely N-dealkylation sites (N-methyl/N-ethyl adjacent to an activating group) is 1. The Balaban J connectivity index is 2.22. The number of aromatic amines is 1. The molecule has 6 heteroatoms. The molecule has 1 aliphatic heterocycles. The lowest BCUT2D eigenvalue weighted by molar-refractivity contribution is -0.121. The van der Waals surface area contributed by atoms with Crippen LogP contribution in [-0.2, 0) is 4.79 Å². The number of carbonyl (C=O) groups is 1. The summed E-state index contributed by atoms with van der Waals surface area (Å²) in [4.78, 5) is 13.6. The second-order valence-corrected chi connectivity index (χ2v) is 3.63. The lowest BCUT2D eigenvalue weighted by Gasteiger charge is -2.24. The van der Waals surface area contributed by atoms with Crippen molar-refractivity contribution < 1.29 is 4.79 Å². The maximum absolute atomic E-state index is 11.6. The number of hydrogen-bond acceptors (Lipinski definition) is 4. The summed E-state index contributed by atoms with van der Waals surface area (Å²) in [5.74, 6) is 0.555. The monoisotopic (exact) mass is 209 g/mol. The minimum absolute atomic E-state index is 0.0353. The fraction of sp³-hybridized carbons (Fsp3) is 0.556. The minimum Gasteiger partial charge on any atom is -0.382 e. The highest BCUT2D eigenvalue weighted by Gasteiger charge is 2.31. The van der Waals surface area contributed by atoms with Crippen molar-refractivity contribution in [3.63, 3.8) is 0 Å². The normalized spacial score (nSPS) is 20.6. The molecule has 1 aliphatic rings. The molecule has 0 aromatic carbocycles. The third kappa shape index (κ3) is 1.62. The number of nitrogen functional groups attached to an aromatic ring is 1. The summed E-state index contributed by atoms with van der Waals surface area (Å²) in [5.41, 5.74) is 6.55. The Morgan fingerprint density at radius 1 is 1.80 bits per heavy atom. The quantitative estimate of drug-likeness (QED) is 0.624. The molecular formula is C9H15N5O. The zero-order valence-electron chi connectivity index (χ0n) is 8.66. The summed E-state index contributed by atoms with van der Waals surface area (Å²) in [7, 11) is 1.65. The van der Waals surface area contributed by atoms with E-state index in [1.54, 1.807) is 13.2 Å². The highest BCUT2D eigenvalue weighted by molar-refractivity contribution is 5.86.